The number of anilines is 1. The van der Waals surface area contributed by atoms with Gasteiger partial charge >= 0.3 is 0 Å². The van der Waals surface area contributed by atoms with Crippen molar-refractivity contribution < 1.29 is 14.6 Å². The number of hydrogen-bond acceptors (Lipinski definition) is 7. The number of aromatic nitrogens is 3. The maximum Gasteiger partial charge on any atom is 0.223 e. The molecule has 0 saturated heterocycles. The molecule has 2 aromatic carbocycles. The summed E-state index contributed by atoms with van der Waals surface area (Å²) in [6.45, 7) is 5.69. The number of ether oxygens (including phenoxy) is 1. The van der Waals surface area contributed by atoms with Crippen molar-refractivity contribution in [2.45, 2.75) is 27.2 Å². The lowest BCUT2D eigenvalue weighted by Gasteiger charge is -2.22. The summed E-state index contributed by atoms with van der Waals surface area (Å²) in [6.07, 6.45) is 0.555. The van der Waals surface area contributed by atoms with Gasteiger partial charge in [0.05, 0.1) is 18.5 Å². The number of methoxy groups -OCH3 is 1. The van der Waals surface area contributed by atoms with Crippen LogP contribution in [-0.4, -0.2) is 39.4 Å². The fraction of sp³-hybridized carbons (Fsp3) is 0.286. The Bertz CT molecular complexity index is 1200. The number of phenols is 1. The first-order valence-electron chi connectivity index (χ1n) is 9.69. The zero-order valence-corrected chi connectivity index (χ0v) is 18.5. The molecule has 0 aliphatic carbocycles. The number of aromatic amines is 1. The van der Waals surface area contributed by atoms with Gasteiger partial charge in [-0.25, -0.2) is 0 Å². The highest BCUT2D eigenvalue weighted by molar-refractivity contribution is 7.71. The molecule has 1 heterocycles. The van der Waals surface area contributed by atoms with E-state index in [1.165, 1.54) is 20.1 Å². The molecule has 0 unspecified atom stereocenters. The van der Waals surface area contributed by atoms with Crippen LogP contribution in [0.4, 0.5) is 11.4 Å². The highest BCUT2D eigenvalue weighted by Gasteiger charge is 2.20. The molecule has 1 aromatic heterocycles. The number of carbonyl (C=O) groups excluding carboxylic acids is 1. The van der Waals surface area contributed by atoms with Gasteiger partial charge in [-0.05, 0) is 60.6 Å². The molecule has 0 aliphatic heterocycles. The number of rotatable bonds is 7. The molecule has 3 aromatic rings. The molecule has 10 heteroatoms. The molecule has 31 heavy (non-hydrogen) atoms. The van der Waals surface area contributed by atoms with Crippen molar-refractivity contribution in [2.24, 2.45) is 5.18 Å². The first-order valence-corrected chi connectivity index (χ1v) is 10.1. The molecule has 0 radical (unpaired) electrons. The van der Waals surface area contributed by atoms with Crippen molar-refractivity contribution >= 4 is 29.5 Å². The molecule has 9 nitrogen and oxygen atoms in total. The van der Waals surface area contributed by atoms with Gasteiger partial charge in [-0.15, -0.1) is 4.91 Å². The minimum Gasteiger partial charge on any atom is -0.508 e. The Balaban J connectivity index is 2.27. The van der Waals surface area contributed by atoms with E-state index in [1.54, 1.807) is 33.7 Å². The smallest absolute Gasteiger partial charge is 0.223 e. The van der Waals surface area contributed by atoms with Crippen LogP contribution in [0.3, 0.4) is 0 Å². The van der Waals surface area contributed by atoms with Crippen molar-refractivity contribution in [3.63, 3.8) is 0 Å². The molecule has 0 bridgehead atoms. The van der Waals surface area contributed by atoms with Crippen molar-refractivity contribution in [1.29, 1.82) is 0 Å². The lowest BCUT2D eigenvalue weighted by atomic mass is 10.0. The van der Waals surface area contributed by atoms with Crippen LogP contribution in [0.5, 0.6) is 11.5 Å². The summed E-state index contributed by atoms with van der Waals surface area (Å²) in [5.41, 5.74) is 2.31. The van der Waals surface area contributed by atoms with Crippen molar-refractivity contribution in [3.8, 4) is 28.6 Å². The summed E-state index contributed by atoms with van der Waals surface area (Å²) in [4.78, 5) is 25.2. The minimum atomic E-state index is -0.132. The van der Waals surface area contributed by atoms with E-state index in [-0.39, 0.29) is 17.3 Å². The monoisotopic (exact) mass is 441 g/mol. The second-order valence-corrected chi connectivity index (χ2v) is 7.14. The number of carbonyl (C=O) groups is 1. The summed E-state index contributed by atoms with van der Waals surface area (Å²) in [5.74, 6) is 0.752. The predicted octanol–water partition coefficient (Wildman–Crippen LogP) is 4.64. The van der Waals surface area contributed by atoms with E-state index in [0.717, 1.165) is 0 Å². The Kier molecular flexibility index (Phi) is 6.50. The van der Waals surface area contributed by atoms with Crippen LogP contribution in [0.15, 0.2) is 35.5 Å². The summed E-state index contributed by atoms with van der Waals surface area (Å²) in [5, 5.41) is 20.2. The molecule has 0 atom stereocenters. The van der Waals surface area contributed by atoms with E-state index in [4.69, 9.17) is 17.0 Å². The van der Waals surface area contributed by atoms with Gasteiger partial charge in [0.1, 0.15) is 17.2 Å². The Labute approximate surface area is 184 Å². The molecular formula is C21H23N5O4S. The van der Waals surface area contributed by atoms with Gasteiger partial charge in [0.15, 0.2) is 10.6 Å². The molecule has 1 amide bonds. The average Bonchev–Trinajstić information content (AvgIpc) is 3.14. The highest BCUT2D eigenvalue weighted by atomic mass is 32.1. The molecule has 3 rings (SSSR count). The van der Waals surface area contributed by atoms with Gasteiger partial charge in [-0.1, -0.05) is 6.92 Å². The molecule has 0 fully saturated rings. The molecular weight excluding hydrogens is 418 g/mol. The number of aryl methyl sites for hydroxylation is 1. The highest BCUT2D eigenvalue weighted by Crippen LogP contribution is 2.37. The van der Waals surface area contributed by atoms with Crippen LogP contribution in [0.1, 0.15) is 26.3 Å². The second kappa shape index (κ2) is 9.09. The standard InChI is InChI=1S/C21H23N5O4S/c1-5-13-9-15(16(24-29)11-18(13)28)20-22-23-21(31)26(20)14-7-8-19(30-4)17(10-14)25(6-2)12(3)27/h7-11,28H,5-6H2,1-4H3,(H,23,31). The van der Waals surface area contributed by atoms with E-state index < -0.39 is 0 Å². The largest absolute Gasteiger partial charge is 0.508 e. The molecule has 0 saturated carbocycles. The molecule has 0 aliphatic rings. The number of hydrogen-bond donors (Lipinski definition) is 2. The normalized spacial score (nSPS) is 10.7. The quantitative estimate of drug-likeness (QED) is 0.408. The van der Waals surface area contributed by atoms with Gasteiger partial charge in [0.25, 0.3) is 0 Å². The minimum absolute atomic E-state index is 0.00619. The first-order chi connectivity index (χ1) is 14.9. The van der Waals surface area contributed by atoms with Crippen LogP contribution in [0.2, 0.25) is 0 Å². The van der Waals surface area contributed by atoms with Crippen molar-refractivity contribution in [2.75, 3.05) is 18.6 Å². The number of nitrogens with zero attached hydrogens (tertiary/aromatic N) is 4. The van der Waals surface area contributed by atoms with Crippen LogP contribution in [0.25, 0.3) is 17.1 Å². The van der Waals surface area contributed by atoms with Crippen LogP contribution in [0, 0.1) is 9.68 Å². The lowest BCUT2D eigenvalue weighted by molar-refractivity contribution is -0.116. The maximum atomic E-state index is 12.1. The number of nitroso groups, excluding NO2 is 1. The van der Waals surface area contributed by atoms with E-state index >= 15 is 0 Å². The number of benzene rings is 2. The second-order valence-electron chi connectivity index (χ2n) is 6.75. The Hall–Kier alpha value is -3.53. The first kappa shape index (κ1) is 22.2. The fourth-order valence-electron chi connectivity index (χ4n) is 3.47. The Morgan fingerprint density at radius 1 is 1.32 bits per heavy atom. The number of aromatic hydroxyl groups is 1. The van der Waals surface area contributed by atoms with Gasteiger partial charge in [-0.2, -0.15) is 5.10 Å². The summed E-state index contributed by atoms with van der Waals surface area (Å²) >= 11 is 5.45. The van der Waals surface area contributed by atoms with Crippen LogP contribution < -0.4 is 9.64 Å². The average molecular weight is 442 g/mol. The number of phenolic OH excluding ortho intramolecular Hbond substituents is 1. The Morgan fingerprint density at radius 2 is 2.06 bits per heavy atom. The van der Waals surface area contributed by atoms with Gasteiger partial charge in [0.2, 0.25) is 5.91 Å². The zero-order chi connectivity index (χ0) is 22.7. The van der Waals surface area contributed by atoms with Crippen LogP contribution in [-0.2, 0) is 11.2 Å². The van der Waals surface area contributed by atoms with E-state index in [9.17, 15) is 14.8 Å². The topological polar surface area (TPSA) is 113 Å². The van der Waals surface area contributed by atoms with E-state index in [2.05, 4.69) is 15.4 Å². The number of H-pyrrole nitrogens is 1. The zero-order valence-electron chi connectivity index (χ0n) is 17.7. The van der Waals surface area contributed by atoms with Gasteiger partial charge in [0, 0.05) is 25.1 Å². The lowest BCUT2D eigenvalue weighted by Crippen LogP contribution is -2.28. The van der Waals surface area contributed by atoms with Gasteiger partial charge < -0.3 is 14.7 Å². The Morgan fingerprint density at radius 3 is 2.65 bits per heavy atom. The summed E-state index contributed by atoms with van der Waals surface area (Å²) in [7, 11) is 1.53. The number of amides is 1. The summed E-state index contributed by atoms with van der Waals surface area (Å²) < 4.78 is 7.38. The number of nitrogens with one attached hydrogen (secondary N) is 1. The van der Waals surface area contributed by atoms with Crippen molar-refractivity contribution in [3.05, 3.63) is 45.6 Å². The molecule has 162 valence electrons. The van der Waals surface area contributed by atoms with Crippen molar-refractivity contribution in [1.82, 2.24) is 14.8 Å². The molecule has 2 N–H and O–H groups in total. The SMILES string of the molecule is CCc1cc(-c2n[nH]c(=S)n2-c2ccc(OC)c(N(CC)C(C)=O)c2)c(N=O)cc1O. The molecule has 0 spiro atoms. The summed E-state index contributed by atoms with van der Waals surface area (Å²) in [6, 6.07) is 8.28. The third kappa shape index (κ3) is 4.06. The maximum absolute atomic E-state index is 12.1. The van der Waals surface area contributed by atoms with E-state index in [1.807, 2.05) is 13.8 Å². The third-order valence-electron chi connectivity index (χ3n) is 5.00. The fourth-order valence-corrected chi connectivity index (χ4v) is 3.71. The van der Waals surface area contributed by atoms with E-state index in [0.29, 0.717) is 51.8 Å². The van der Waals surface area contributed by atoms with Crippen LogP contribution >= 0.6 is 12.2 Å². The third-order valence-corrected chi connectivity index (χ3v) is 5.27. The predicted molar refractivity (Wildman–Crippen MR) is 121 cm³/mol. The van der Waals surface area contributed by atoms with Gasteiger partial charge in [-0.3, -0.25) is 14.5 Å².